The molecule has 0 N–H and O–H groups in total. The van der Waals surface area contributed by atoms with Crippen molar-refractivity contribution < 1.29 is 24.9 Å². The molecule has 6 nitrogen and oxygen atoms in total. The van der Waals surface area contributed by atoms with Crippen molar-refractivity contribution >= 4 is 18.2 Å². The third-order valence-electron chi connectivity index (χ3n) is 1.67. The fourth-order valence-corrected chi connectivity index (χ4v) is 2.61. The molecule has 0 amide bonds. The zero-order valence-corrected chi connectivity index (χ0v) is 11.4. The smallest absolute Gasteiger partial charge is 0.167 e. The van der Waals surface area contributed by atoms with E-state index in [1.165, 1.54) is 0 Å². The van der Waals surface area contributed by atoms with Crippen LogP contribution in [0.15, 0.2) is 0 Å². The van der Waals surface area contributed by atoms with E-state index in [1.54, 1.807) is 6.66 Å². The molecule has 0 aliphatic carbocycles. The molecule has 2 atom stereocenters. The van der Waals surface area contributed by atoms with Crippen molar-refractivity contribution in [2.75, 3.05) is 45.1 Å². The first-order valence-electron chi connectivity index (χ1n) is 6.06. The molecule has 100 valence electrons. The van der Waals surface area contributed by atoms with Gasteiger partial charge in [-0.05, 0) is 0 Å². The summed E-state index contributed by atoms with van der Waals surface area (Å²) >= 11 is 0. The summed E-state index contributed by atoms with van der Waals surface area (Å²) in [6.07, 6.45) is 0.271. The van der Waals surface area contributed by atoms with Crippen LogP contribution in [0.4, 0.5) is 0 Å². The number of nitriles is 1. The third kappa shape index (κ3) is 10.6. The highest BCUT2D eigenvalue weighted by molar-refractivity contribution is 7.91. The lowest BCUT2D eigenvalue weighted by Gasteiger charge is -2.11. The van der Waals surface area contributed by atoms with Crippen LogP contribution >= 0.6 is 8.38 Å². The molecule has 0 aliphatic rings. The number of hydrogen-bond donors (Lipinski definition) is 0. The molecule has 0 spiro atoms. The van der Waals surface area contributed by atoms with Gasteiger partial charge < -0.3 is 13.8 Å². The van der Waals surface area contributed by atoms with Gasteiger partial charge in [0, 0.05) is 13.7 Å². The predicted octanol–water partition coefficient (Wildman–Crippen LogP) is 0.936. The molecule has 0 aromatic carbocycles. The van der Waals surface area contributed by atoms with Gasteiger partial charge in [0.15, 0.2) is 18.2 Å². The molecule has 0 bridgehead atoms. The number of nitrogens with zero attached hydrogens (tertiary/aromatic N) is 1. The minimum atomic E-state index is -3.31. The molecule has 0 saturated heterocycles. The maximum atomic E-state index is 11.5. The minimum Gasteiger partial charge on any atom is -0.384 e. The highest BCUT2D eigenvalue weighted by Gasteiger charge is 2.11. The van der Waals surface area contributed by atoms with Crippen molar-refractivity contribution in [1.29, 1.82) is 5.26 Å². The Balaban J connectivity index is 3.71. The van der Waals surface area contributed by atoms with Gasteiger partial charge >= 0.3 is 0 Å². The molecular weight excluding hydrogens is 265 g/mol. The standard InChI is InChI=1S/C9H18NO5PS/c1-13-6-8-17(11,12)9-7-15-16(2)14-5-3-4-10/h3,5-9H2,1-2H3/i1TD. The Kier molecular flexibility index (Phi) is 7.56. The van der Waals surface area contributed by atoms with E-state index in [-0.39, 0.29) is 37.7 Å². The van der Waals surface area contributed by atoms with E-state index in [1.807, 2.05) is 6.07 Å². The zero-order chi connectivity index (χ0) is 14.7. The average molecular weight is 286 g/mol. The van der Waals surface area contributed by atoms with Crippen LogP contribution in [0.1, 0.15) is 9.16 Å². The quantitative estimate of drug-likeness (QED) is 0.439. The summed E-state index contributed by atoms with van der Waals surface area (Å²) < 4.78 is 51.4. The van der Waals surface area contributed by atoms with Crippen LogP contribution < -0.4 is 0 Å². The van der Waals surface area contributed by atoms with Crippen molar-refractivity contribution in [2.45, 2.75) is 6.42 Å². The Labute approximate surface area is 107 Å². The normalized spacial score (nSPS) is 16.7. The molecule has 8 heteroatoms. The van der Waals surface area contributed by atoms with Crippen molar-refractivity contribution in [3.8, 4) is 6.07 Å². The maximum Gasteiger partial charge on any atom is 0.167 e. The molecule has 0 fully saturated rings. The van der Waals surface area contributed by atoms with E-state index in [4.69, 9.17) is 17.1 Å². The molecule has 0 radical (unpaired) electrons. The topological polar surface area (TPSA) is 85.6 Å². The van der Waals surface area contributed by atoms with Crippen LogP contribution in [0.5, 0.6) is 0 Å². The highest BCUT2D eigenvalue weighted by Crippen LogP contribution is 2.33. The Hall–Kier alpha value is -0.250. The summed E-state index contributed by atoms with van der Waals surface area (Å²) in [6, 6.07) is 1.93. The lowest BCUT2D eigenvalue weighted by Crippen LogP contribution is -2.17. The maximum absolute atomic E-state index is 11.5. The molecule has 0 aliphatic heterocycles. The van der Waals surface area contributed by atoms with E-state index in [9.17, 15) is 8.42 Å². The fourth-order valence-electron chi connectivity index (χ4n) is 0.827. The molecule has 0 aromatic rings. The fraction of sp³-hybridized carbons (Fsp3) is 0.889. The van der Waals surface area contributed by atoms with Crippen LogP contribution in [-0.2, 0) is 23.6 Å². The molecule has 0 aromatic heterocycles. The summed E-state index contributed by atoms with van der Waals surface area (Å²) in [4.78, 5) is 0. The van der Waals surface area contributed by atoms with E-state index >= 15 is 0 Å². The zero-order valence-electron chi connectivity index (χ0n) is 11.7. The summed E-state index contributed by atoms with van der Waals surface area (Å²) in [6.45, 7) is 1.81. The first kappa shape index (κ1) is 13.2. The van der Waals surface area contributed by atoms with Gasteiger partial charge in [0.05, 0.1) is 46.6 Å². The Morgan fingerprint density at radius 2 is 2.06 bits per heavy atom. The first-order chi connectivity index (χ1) is 8.87. The lowest BCUT2D eigenvalue weighted by atomic mass is 10.5. The van der Waals surface area contributed by atoms with Gasteiger partial charge in [-0.25, -0.2) is 8.42 Å². The average Bonchev–Trinajstić information content (AvgIpc) is 2.28. The van der Waals surface area contributed by atoms with Crippen molar-refractivity contribution in [3.05, 3.63) is 0 Å². The van der Waals surface area contributed by atoms with Crippen LogP contribution in [0.3, 0.4) is 0 Å². The summed E-state index contributed by atoms with van der Waals surface area (Å²) in [5.74, 6) is -0.396. The third-order valence-corrected chi connectivity index (χ3v) is 4.34. The monoisotopic (exact) mass is 286 g/mol. The minimum absolute atomic E-state index is 0.0161. The summed E-state index contributed by atoms with van der Waals surface area (Å²) in [5, 5.41) is 8.30. The SMILES string of the molecule is [2H]C([3H])OCCS(=O)(=O)CCOP(C)OCCC#N. The molecule has 0 heterocycles. The number of methoxy groups -OCH3 is 1. The number of ether oxygens (including phenoxy) is 1. The Morgan fingerprint density at radius 3 is 2.71 bits per heavy atom. The Bertz CT molecular complexity index is 373. The van der Waals surface area contributed by atoms with Crippen molar-refractivity contribution in [3.63, 3.8) is 0 Å². The van der Waals surface area contributed by atoms with E-state index in [2.05, 4.69) is 4.74 Å². The predicted molar refractivity (Wildman–Crippen MR) is 65.5 cm³/mol. The van der Waals surface area contributed by atoms with Gasteiger partial charge in [-0.2, -0.15) is 5.26 Å². The second-order valence-corrected chi connectivity index (χ2v) is 6.74. The summed E-state index contributed by atoms with van der Waals surface area (Å²) in [5.41, 5.74) is 0. The molecule has 0 rings (SSSR count). The lowest BCUT2D eigenvalue weighted by molar-refractivity contribution is 0.217. The second kappa shape index (κ2) is 9.75. The number of sulfone groups is 1. The highest BCUT2D eigenvalue weighted by atomic mass is 32.2. The molecule has 2 unspecified atom stereocenters. The molecule has 17 heavy (non-hydrogen) atoms. The van der Waals surface area contributed by atoms with Gasteiger partial charge in [0.25, 0.3) is 0 Å². The van der Waals surface area contributed by atoms with Crippen LogP contribution in [0, 0.1) is 11.3 Å². The van der Waals surface area contributed by atoms with Gasteiger partial charge in [-0.1, -0.05) is 0 Å². The first-order valence-corrected chi connectivity index (χ1v) is 8.35. The summed E-state index contributed by atoms with van der Waals surface area (Å²) in [7, 11) is -5.96. The number of rotatable bonds is 10. The van der Waals surface area contributed by atoms with Gasteiger partial charge in [0.1, 0.15) is 0 Å². The second-order valence-electron chi connectivity index (χ2n) is 3.04. The van der Waals surface area contributed by atoms with E-state index in [0.29, 0.717) is 0 Å². The number of hydrogen-bond acceptors (Lipinski definition) is 6. The van der Waals surface area contributed by atoms with E-state index in [0.717, 1.165) is 0 Å². The van der Waals surface area contributed by atoms with Crippen LogP contribution in [0.2, 0.25) is 0 Å². The van der Waals surface area contributed by atoms with Gasteiger partial charge in [0.2, 0.25) is 0 Å². The van der Waals surface area contributed by atoms with Gasteiger partial charge in [-0.3, -0.25) is 0 Å². The molecule has 0 saturated carbocycles. The van der Waals surface area contributed by atoms with Crippen molar-refractivity contribution in [1.82, 2.24) is 0 Å². The van der Waals surface area contributed by atoms with Crippen LogP contribution in [-0.4, -0.2) is 53.5 Å². The van der Waals surface area contributed by atoms with Crippen LogP contribution in [0.25, 0.3) is 0 Å². The van der Waals surface area contributed by atoms with E-state index < -0.39 is 25.3 Å². The Morgan fingerprint density at radius 1 is 1.41 bits per heavy atom. The molecular formula is C9H18NO5PS. The van der Waals surface area contributed by atoms with Crippen molar-refractivity contribution in [2.24, 2.45) is 0 Å². The largest absolute Gasteiger partial charge is 0.384 e. The van der Waals surface area contributed by atoms with Gasteiger partial charge in [-0.15, -0.1) is 0 Å².